The minimum atomic E-state index is 0.301. The Hall–Kier alpha value is -2.77. The third kappa shape index (κ3) is 6.11. The highest BCUT2D eigenvalue weighted by atomic mass is 16.5. The van der Waals surface area contributed by atoms with Crippen LogP contribution in [0.2, 0.25) is 0 Å². The molecule has 162 valence electrons. The topological polar surface area (TPSA) is 67.4 Å². The summed E-state index contributed by atoms with van der Waals surface area (Å²) in [5, 5.41) is 6.66. The van der Waals surface area contributed by atoms with E-state index in [4.69, 9.17) is 14.2 Å². The molecular weight excluding hydrogens is 380 g/mol. The van der Waals surface area contributed by atoms with Gasteiger partial charge in [-0.25, -0.2) is 0 Å². The zero-order chi connectivity index (χ0) is 21.3. The van der Waals surface area contributed by atoms with Crippen LogP contribution in [0.15, 0.2) is 47.5 Å². The maximum absolute atomic E-state index is 5.64. The second-order valence-corrected chi connectivity index (χ2v) is 7.36. The smallest absolute Gasteiger partial charge is 0.195 e. The van der Waals surface area contributed by atoms with Gasteiger partial charge < -0.3 is 24.8 Å². The predicted molar refractivity (Wildman–Crippen MR) is 121 cm³/mol. The maximum Gasteiger partial charge on any atom is 0.195 e. The summed E-state index contributed by atoms with van der Waals surface area (Å²) >= 11 is 0. The Morgan fingerprint density at radius 1 is 1.13 bits per heavy atom. The number of aliphatic imine (C=N–C) groups is 1. The number of anilines is 1. The number of benzene rings is 2. The van der Waals surface area contributed by atoms with Gasteiger partial charge in [0.2, 0.25) is 0 Å². The Morgan fingerprint density at radius 2 is 1.93 bits per heavy atom. The van der Waals surface area contributed by atoms with Crippen LogP contribution < -0.4 is 20.1 Å². The first-order chi connectivity index (χ1) is 14.6. The van der Waals surface area contributed by atoms with Crippen LogP contribution in [-0.4, -0.2) is 57.9 Å². The standard InChI is InChI=1S/C23H32N4O3/c1-17-15-27(10-11-30-17)16-19-7-5-6-18(12-19)14-25-23(24-2)26-20-8-9-21(28-3)22(13-20)29-4/h5-9,12-13,17H,10-11,14-16H2,1-4H3,(H2,24,25,26). The molecule has 1 heterocycles. The number of ether oxygens (including phenoxy) is 3. The molecule has 0 spiro atoms. The molecule has 1 atom stereocenters. The van der Waals surface area contributed by atoms with Crippen LogP contribution in [0.25, 0.3) is 0 Å². The second-order valence-electron chi connectivity index (χ2n) is 7.36. The fourth-order valence-electron chi connectivity index (χ4n) is 3.55. The molecule has 0 radical (unpaired) electrons. The number of hydrogen-bond donors (Lipinski definition) is 2. The molecule has 7 heteroatoms. The first kappa shape index (κ1) is 21.9. The molecule has 3 rings (SSSR count). The molecule has 0 amide bonds. The van der Waals surface area contributed by atoms with Gasteiger partial charge in [0.05, 0.1) is 26.9 Å². The number of rotatable bonds is 7. The molecule has 1 aliphatic heterocycles. The van der Waals surface area contributed by atoms with Crippen molar-refractivity contribution in [2.75, 3.05) is 46.3 Å². The van der Waals surface area contributed by atoms with E-state index < -0.39 is 0 Å². The fraction of sp³-hybridized carbons (Fsp3) is 0.435. The minimum absolute atomic E-state index is 0.301. The Kier molecular flexibility index (Phi) is 7.93. The third-order valence-electron chi connectivity index (χ3n) is 5.05. The van der Waals surface area contributed by atoms with Crippen LogP contribution in [0.3, 0.4) is 0 Å². The van der Waals surface area contributed by atoms with E-state index in [1.165, 1.54) is 11.1 Å². The largest absolute Gasteiger partial charge is 0.493 e. The summed E-state index contributed by atoms with van der Waals surface area (Å²) < 4.78 is 16.3. The molecule has 1 aliphatic rings. The number of hydrogen-bond acceptors (Lipinski definition) is 5. The lowest BCUT2D eigenvalue weighted by Gasteiger charge is -2.31. The average molecular weight is 413 g/mol. The van der Waals surface area contributed by atoms with Gasteiger partial charge in [0.25, 0.3) is 0 Å². The van der Waals surface area contributed by atoms with Crippen molar-refractivity contribution in [1.82, 2.24) is 10.2 Å². The highest BCUT2D eigenvalue weighted by Crippen LogP contribution is 2.29. The molecule has 2 aromatic carbocycles. The molecule has 1 fully saturated rings. The van der Waals surface area contributed by atoms with Crippen LogP contribution in [0.1, 0.15) is 18.1 Å². The summed E-state index contributed by atoms with van der Waals surface area (Å²) in [5.41, 5.74) is 3.39. The van der Waals surface area contributed by atoms with Crippen molar-refractivity contribution in [2.24, 2.45) is 4.99 Å². The Labute approximate surface area is 179 Å². The molecule has 1 unspecified atom stereocenters. The first-order valence-corrected chi connectivity index (χ1v) is 10.2. The number of guanidine groups is 1. The van der Waals surface area contributed by atoms with E-state index in [0.29, 0.717) is 30.1 Å². The van der Waals surface area contributed by atoms with Crippen molar-refractivity contribution >= 4 is 11.6 Å². The summed E-state index contributed by atoms with van der Waals surface area (Å²) in [4.78, 5) is 6.76. The van der Waals surface area contributed by atoms with Crippen LogP contribution >= 0.6 is 0 Å². The molecule has 0 aromatic heterocycles. The van der Waals surface area contributed by atoms with Gasteiger partial charge in [-0.2, -0.15) is 0 Å². The lowest BCUT2D eigenvalue weighted by atomic mass is 10.1. The molecule has 30 heavy (non-hydrogen) atoms. The Bertz CT molecular complexity index is 856. The first-order valence-electron chi connectivity index (χ1n) is 10.2. The Balaban J connectivity index is 1.57. The summed E-state index contributed by atoms with van der Waals surface area (Å²) in [7, 11) is 5.00. The van der Waals surface area contributed by atoms with E-state index in [1.807, 2.05) is 18.2 Å². The second kappa shape index (κ2) is 10.8. The van der Waals surface area contributed by atoms with Gasteiger partial charge in [0.15, 0.2) is 17.5 Å². The van der Waals surface area contributed by atoms with Crippen molar-refractivity contribution in [3.63, 3.8) is 0 Å². The highest BCUT2D eigenvalue weighted by molar-refractivity contribution is 5.93. The molecule has 7 nitrogen and oxygen atoms in total. The van der Waals surface area contributed by atoms with Crippen LogP contribution in [0, 0.1) is 0 Å². The SMILES string of the molecule is CN=C(NCc1cccc(CN2CCOC(C)C2)c1)Nc1ccc(OC)c(OC)c1. The highest BCUT2D eigenvalue weighted by Gasteiger charge is 2.16. The number of nitrogens with one attached hydrogen (secondary N) is 2. The minimum Gasteiger partial charge on any atom is -0.493 e. The van der Waals surface area contributed by atoms with Gasteiger partial charge in [-0.05, 0) is 30.2 Å². The maximum atomic E-state index is 5.64. The number of nitrogens with zero attached hydrogens (tertiary/aromatic N) is 2. The zero-order valence-electron chi connectivity index (χ0n) is 18.3. The van der Waals surface area contributed by atoms with Gasteiger partial charge in [0, 0.05) is 45.0 Å². The van der Waals surface area contributed by atoms with Gasteiger partial charge in [-0.15, -0.1) is 0 Å². The van der Waals surface area contributed by atoms with E-state index in [9.17, 15) is 0 Å². The van der Waals surface area contributed by atoms with E-state index in [-0.39, 0.29) is 0 Å². The predicted octanol–water partition coefficient (Wildman–Crippen LogP) is 3.11. The molecule has 2 aromatic rings. The van der Waals surface area contributed by atoms with Crippen molar-refractivity contribution < 1.29 is 14.2 Å². The molecule has 1 saturated heterocycles. The number of methoxy groups -OCH3 is 2. The van der Waals surface area contributed by atoms with Crippen molar-refractivity contribution in [3.05, 3.63) is 53.6 Å². The van der Waals surface area contributed by atoms with Crippen LogP contribution in [0.5, 0.6) is 11.5 Å². The van der Waals surface area contributed by atoms with Gasteiger partial charge in [-0.1, -0.05) is 24.3 Å². The summed E-state index contributed by atoms with van der Waals surface area (Å²) in [6.07, 6.45) is 0.301. The average Bonchev–Trinajstić information content (AvgIpc) is 2.76. The van der Waals surface area contributed by atoms with Gasteiger partial charge >= 0.3 is 0 Å². The van der Waals surface area contributed by atoms with Crippen molar-refractivity contribution in [1.29, 1.82) is 0 Å². The molecule has 0 bridgehead atoms. The van der Waals surface area contributed by atoms with Crippen LogP contribution in [0.4, 0.5) is 5.69 Å². The van der Waals surface area contributed by atoms with E-state index in [2.05, 4.69) is 51.7 Å². The molecule has 0 saturated carbocycles. The van der Waals surface area contributed by atoms with Crippen molar-refractivity contribution in [3.8, 4) is 11.5 Å². The Morgan fingerprint density at radius 3 is 2.67 bits per heavy atom. The van der Waals surface area contributed by atoms with Gasteiger partial charge in [-0.3, -0.25) is 9.89 Å². The monoisotopic (exact) mass is 412 g/mol. The normalized spacial score (nSPS) is 17.5. The molecule has 0 aliphatic carbocycles. The van der Waals surface area contributed by atoms with Gasteiger partial charge in [0.1, 0.15) is 0 Å². The van der Waals surface area contributed by atoms with E-state index >= 15 is 0 Å². The van der Waals surface area contributed by atoms with Crippen molar-refractivity contribution in [2.45, 2.75) is 26.1 Å². The summed E-state index contributed by atoms with van der Waals surface area (Å²) in [6, 6.07) is 14.3. The van der Waals surface area contributed by atoms with E-state index in [1.54, 1.807) is 21.3 Å². The molecular formula is C23H32N4O3. The van der Waals surface area contributed by atoms with Crippen LogP contribution in [-0.2, 0) is 17.8 Å². The lowest BCUT2D eigenvalue weighted by molar-refractivity contribution is -0.0212. The summed E-state index contributed by atoms with van der Waals surface area (Å²) in [6.45, 7) is 6.52. The lowest BCUT2D eigenvalue weighted by Crippen LogP contribution is -2.40. The number of morpholine rings is 1. The summed E-state index contributed by atoms with van der Waals surface area (Å²) in [5.74, 6) is 2.05. The molecule has 2 N–H and O–H groups in total. The van der Waals surface area contributed by atoms with E-state index in [0.717, 1.165) is 31.9 Å². The fourth-order valence-corrected chi connectivity index (χ4v) is 3.55. The zero-order valence-corrected chi connectivity index (χ0v) is 18.3. The quantitative estimate of drug-likeness (QED) is 0.538. The third-order valence-corrected chi connectivity index (χ3v) is 5.05.